The molecule has 1 aromatic carbocycles. The van der Waals surface area contributed by atoms with E-state index in [1.165, 1.54) is 12.3 Å². The van der Waals surface area contributed by atoms with Gasteiger partial charge in [-0.1, -0.05) is 26.0 Å². The molecule has 3 aromatic rings. The number of benzene rings is 1. The van der Waals surface area contributed by atoms with E-state index in [-0.39, 0.29) is 17.6 Å². The van der Waals surface area contributed by atoms with Crippen molar-refractivity contribution in [3.8, 4) is 11.6 Å². The first-order valence-corrected chi connectivity index (χ1v) is 11.7. The van der Waals surface area contributed by atoms with Crippen LogP contribution in [0.5, 0.6) is 11.6 Å². The molecule has 1 amide bonds. The monoisotopic (exact) mass is 519 g/mol. The molecular formula is C25H28F3N5O4. The quantitative estimate of drug-likeness (QED) is 0.507. The summed E-state index contributed by atoms with van der Waals surface area (Å²) in [6, 6.07) is 9.46. The second-order valence-electron chi connectivity index (χ2n) is 8.14. The van der Waals surface area contributed by atoms with Crippen molar-refractivity contribution in [3.05, 3.63) is 71.7 Å². The lowest BCUT2D eigenvalue weighted by Crippen LogP contribution is -2.54. The summed E-state index contributed by atoms with van der Waals surface area (Å²) in [6.07, 6.45) is -2.11. The number of ether oxygens (including phenoxy) is 1. The highest BCUT2D eigenvalue weighted by Gasteiger charge is 2.31. The van der Waals surface area contributed by atoms with Gasteiger partial charge in [0.1, 0.15) is 5.75 Å². The lowest BCUT2D eigenvalue weighted by Gasteiger charge is -2.39. The molecule has 1 saturated heterocycles. The Bertz CT molecular complexity index is 1230. The van der Waals surface area contributed by atoms with Crippen molar-refractivity contribution >= 4 is 12.0 Å². The first-order chi connectivity index (χ1) is 17.6. The molecule has 2 aromatic heterocycles. The summed E-state index contributed by atoms with van der Waals surface area (Å²) in [7, 11) is 0. The van der Waals surface area contributed by atoms with Gasteiger partial charge < -0.3 is 14.7 Å². The molecule has 198 valence electrons. The van der Waals surface area contributed by atoms with Crippen LogP contribution in [0.15, 0.2) is 54.9 Å². The summed E-state index contributed by atoms with van der Waals surface area (Å²) in [5.41, 5.74) is -0.152. The smallest absolute Gasteiger partial charge is 0.416 e. The predicted octanol–water partition coefficient (Wildman–Crippen LogP) is 4.99. The molecule has 1 atom stereocenters. The Morgan fingerprint density at radius 2 is 1.89 bits per heavy atom. The Labute approximate surface area is 212 Å². The molecule has 1 unspecified atom stereocenters. The number of carboxylic acid groups (broad SMARTS) is 1. The van der Waals surface area contributed by atoms with Crippen LogP contribution in [0.2, 0.25) is 0 Å². The number of hydrogen-bond acceptors (Lipinski definition) is 6. The van der Waals surface area contributed by atoms with Crippen molar-refractivity contribution in [1.29, 1.82) is 0 Å². The van der Waals surface area contributed by atoms with Gasteiger partial charge in [0.2, 0.25) is 5.88 Å². The van der Waals surface area contributed by atoms with E-state index in [1.807, 2.05) is 26.8 Å². The minimum Gasteiger partial charge on any atom is -0.476 e. The van der Waals surface area contributed by atoms with Crippen LogP contribution >= 0.6 is 0 Å². The van der Waals surface area contributed by atoms with Crippen molar-refractivity contribution in [3.63, 3.8) is 0 Å². The Hall–Kier alpha value is -3.93. The van der Waals surface area contributed by atoms with E-state index in [1.54, 1.807) is 23.1 Å². The van der Waals surface area contributed by atoms with Crippen LogP contribution < -0.4 is 4.74 Å². The molecule has 1 fully saturated rings. The maximum atomic E-state index is 12.9. The molecule has 37 heavy (non-hydrogen) atoms. The summed E-state index contributed by atoms with van der Waals surface area (Å²) in [5.74, 6) is -0.990. The topological polar surface area (TPSA) is 101 Å². The van der Waals surface area contributed by atoms with Gasteiger partial charge in [-0.05, 0) is 36.8 Å². The van der Waals surface area contributed by atoms with E-state index in [0.29, 0.717) is 31.9 Å². The van der Waals surface area contributed by atoms with Crippen LogP contribution in [-0.4, -0.2) is 67.3 Å². The number of carbonyl (C=O) groups excluding carboxylic acids is 1. The zero-order valence-electron chi connectivity index (χ0n) is 20.6. The summed E-state index contributed by atoms with van der Waals surface area (Å²) < 4.78 is 45.4. The number of rotatable bonds is 5. The summed E-state index contributed by atoms with van der Waals surface area (Å²) in [6.45, 7) is 8.00. The van der Waals surface area contributed by atoms with E-state index < -0.39 is 23.7 Å². The highest BCUT2D eigenvalue weighted by Crippen LogP contribution is 2.31. The number of aromatic carboxylic acids is 1. The van der Waals surface area contributed by atoms with Crippen molar-refractivity contribution in [2.24, 2.45) is 0 Å². The van der Waals surface area contributed by atoms with Crippen LogP contribution in [0.4, 0.5) is 18.0 Å². The van der Waals surface area contributed by atoms with Gasteiger partial charge in [-0.25, -0.2) is 14.6 Å². The van der Waals surface area contributed by atoms with Crippen LogP contribution in [0.25, 0.3) is 0 Å². The number of halogens is 3. The van der Waals surface area contributed by atoms with E-state index >= 15 is 0 Å². The summed E-state index contributed by atoms with van der Waals surface area (Å²) >= 11 is 0. The molecule has 1 aliphatic heterocycles. The fourth-order valence-corrected chi connectivity index (χ4v) is 3.86. The lowest BCUT2D eigenvalue weighted by molar-refractivity contribution is -0.137. The third kappa shape index (κ3) is 7.06. The molecule has 0 spiro atoms. The number of carbonyl (C=O) groups is 2. The fourth-order valence-electron chi connectivity index (χ4n) is 3.86. The minimum absolute atomic E-state index is 0.150. The number of alkyl halides is 3. The van der Waals surface area contributed by atoms with Crippen molar-refractivity contribution in [2.75, 3.05) is 19.6 Å². The molecular weight excluding hydrogens is 491 g/mol. The van der Waals surface area contributed by atoms with E-state index in [0.717, 1.165) is 28.6 Å². The van der Waals surface area contributed by atoms with E-state index in [2.05, 4.69) is 15.0 Å². The molecule has 0 aliphatic carbocycles. The average Bonchev–Trinajstić information content (AvgIpc) is 3.36. The Morgan fingerprint density at radius 3 is 2.54 bits per heavy atom. The minimum atomic E-state index is -4.49. The number of carboxylic acids is 1. The van der Waals surface area contributed by atoms with Gasteiger partial charge in [0.25, 0.3) is 0 Å². The number of nitrogens with zero attached hydrogens (tertiary/aromatic N) is 5. The number of piperazine rings is 1. The first kappa shape index (κ1) is 27.7. The number of amides is 1. The predicted molar refractivity (Wildman–Crippen MR) is 129 cm³/mol. The molecule has 4 rings (SSSR count). The average molecular weight is 520 g/mol. The fraction of sp³-hybridized carbons (Fsp3) is 0.360. The van der Waals surface area contributed by atoms with Crippen LogP contribution in [-0.2, 0) is 12.7 Å². The van der Waals surface area contributed by atoms with Crippen molar-refractivity contribution in [1.82, 2.24) is 24.6 Å². The number of aromatic nitrogens is 3. The Morgan fingerprint density at radius 1 is 1.14 bits per heavy atom. The number of hydrogen-bond donors (Lipinski definition) is 1. The molecule has 0 saturated carbocycles. The maximum absolute atomic E-state index is 12.9. The third-order valence-electron chi connectivity index (χ3n) is 5.55. The van der Waals surface area contributed by atoms with Gasteiger partial charge in [-0.3, -0.25) is 4.90 Å². The van der Waals surface area contributed by atoms with Crippen molar-refractivity contribution in [2.45, 2.75) is 39.5 Å². The number of pyridine rings is 1. The largest absolute Gasteiger partial charge is 0.476 e. The molecule has 0 radical (unpaired) electrons. The zero-order chi connectivity index (χ0) is 27.2. The lowest BCUT2D eigenvalue weighted by atomic mass is 10.1. The molecule has 12 heteroatoms. The summed E-state index contributed by atoms with van der Waals surface area (Å²) in [4.78, 5) is 31.4. The second-order valence-corrected chi connectivity index (χ2v) is 8.14. The van der Waals surface area contributed by atoms with Gasteiger partial charge in [0.05, 0.1) is 5.56 Å². The molecule has 3 heterocycles. The van der Waals surface area contributed by atoms with Gasteiger partial charge >= 0.3 is 18.2 Å². The highest BCUT2D eigenvalue weighted by molar-refractivity contribution is 5.86. The molecule has 1 N–H and O–H groups in total. The SMILES string of the molecule is CC.CC1CN(Cc2cccc(Oc3cc(C(F)(F)F)ccn3)c2)CCN1C(=O)n1ccc(C(=O)O)n1. The van der Waals surface area contributed by atoms with Gasteiger partial charge in [0, 0.05) is 50.7 Å². The van der Waals surface area contributed by atoms with Crippen LogP contribution in [0.3, 0.4) is 0 Å². The first-order valence-electron chi connectivity index (χ1n) is 11.7. The maximum Gasteiger partial charge on any atom is 0.416 e. The van der Waals surface area contributed by atoms with Gasteiger partial charge in [0.15, 0.2) is 5.69 Å². The van der Waals surface area contributed by atoms with Crippen LogP contribution in [0, 0.1) is 0 Å². The highest BCUT2D eigenvalue weighted by atomic mass is 19.4. The van der Waals surface area contributed by atoms with E-state index in [4.69, 9.17) is 9.84 Å². The Balaban J connectivity index is 0.00000186. The third-order valence-corrected chi connectivity index (χ3v) is 5.55. The zero-order valence-corrected chi connectivity index (χ0v) is 20.6. The standard InChI is InChI=1S/C23H22F3N5O4.C2H6/c1-15-13-29(9-10-30(15)22(34)31-8-6-19(28-31)21(32)33)14-16-3-2-4-18(11-16)35-20-12-17(5-7-27-20)23(24,25)26;1-2/h2-8,11-12,15H,9-10,13-14H2,1H3,(H,32,33);1-2H3. The Kier molecular flexibility index (Phi) is 8.87. The van der Waals surface area contributed by atoms with Gasteiger partial charge in [-0.2, -0.15) is 23.0 Å². The van der Waals surface area contributed by atoms with Crippen molar-refractivity contribution < 1.29 is 32.6 Å². The molecule has 1 aliphatic rings. The summed E-state index contributed by atoms with van der Waals surface area (Å²) in [5, 5.41) is 12.8. The normalized spacial score (nSPS) is 16.1. The molecule has 0 bridgehead atoms. The molecule has 9 nitrogen and oxygen atoms in total. The van der Waals surface area contributed by atoms with Gasteiger partial charge in [-0.15, -0.1) is 0 Å². The van der Waals surface area contributed by atoms with Crippen LogP contribution in [0.1, 0.15) is 42.4 Å². The van der Waals surface area contributed by atoms with E-state index in [9.17, 15) is 22.8 Å². The second kappa shape index (κ2) is 11.9.